The molecule has 1 aromatic rings. The lowest BCUT2D eigenvalue weighted by Gasteiger charge is -2.38. The Morgan fingerprint density at radius 1 is 1.21 bits per heavy atom. The first-order valence-corrected chi connectivity index (χ1v) is 10.2. The number of nitrogens with one attached hydrogen (secondary N) is 3. The maximum absolute atomic E-state index is 12.9. The minimum Gasteiger partial charge on any atom is -0.322 e. The van der Waals surface area contributed by atoms with Crippen LogP contribution < -0.4 is 16.0 Å². The molecule has 28 heavy (non-hydrogen) atoms. The minimum atomic E-state index is -0.558. The number of imide groups is 1. The topological polar surface area (TPSA) is 90.5 Å². The maximum Gasteiger partial charge on any atom is 0.255 e. The monoisotopic (exact) mass is 384 g/mol. The zero-order valence-corrected chi connectivity index (χ0v) is 16.3. The van der Waals surface area contributed by atoms with Gasteiger partial charge in [0.1, 0.15) is 6.04 Å². The van der Waals surface area contributed by atoms with Gasteiger partial charge < -0.3 is 15.5 Å². The Balaban J connectivity index is 1.45. The van der Waals surface area contributed by atoms with Gasteiger partial charge in [-0.05, 0) is 56.0 Å². The molecule has 2 fully saturated rings. The molecule has 1 aromatic carbocycles. The highest BCUT2D eigenvalue weighted by atomic mass is 16.2. The van der Waals surface area contributed by atoms with Crippen molar-refractivity contribution in [1.82, 2.24) is 20.9 Å². The summed E-state index contributed by atoms with van der Waals surface area (Å²) in [6.45, 7) is 5.45. The summed E-state index contributed by atoms with van der Waals surface area (Å²) in [6.07, 6.45) is 3.97. The molecule has 0 aliphatic carbocycles. The average Bonchev–Trinajstić information content (AvgIpc) is 3.03. The lowest BCUT2D eigenvalue weighted by atomic mass is 9.85. The average molecular weight is 384 g/mol. The van der Waals surface area contributed by atoms with Gasteiger partial charge in [0.05, 0.1) is 0 Å². The van der Waals surface area contributed by atoms with Gasteiger partial charge in [-0.15, -0.1) is 0 Å². The highest BCUT2D eigenvalue weighted by molar-refractivity contribution is 6.05. The van der Waals surface area contributed by atoms with Gasteiger partial charge in [-0.25, -0.2) is 0 Å². The highest BCUT2D eigenvalue weighted by Gasteiger charge is 2.39. The van der Waals surface area contributed by atoms with Crippen LogP contribution >= 0.6 is 0 Å². The first-order chi connectivity index (χ1) is 13.5. The molecule has 150 valence electrons. The quantitative estimate of drug-likeness (QED) is 0.661. The van der Waals surface area contributed by atoms with Crippen molar-refractivity contribution >= 4 is 17.7 Å². The third-order valence-corrected chi connectivity index (χ3v) is 6.50. The van der Waals surface area contributed by atoms with E-state index in [1.807, 2.05) is 12.1 Å². The molecule has 0 aromatic heterocycles. The van der Waals surface area contributed by atoms with E-state index in [0.29, 0.717) is 18.5 Å². The van der Waals surface area contributed by atoms with Gasteiger partial charge in [-0.1, -0.05) is 19.1 Å². The fourth-order valence-corrected chi connectivity index (χ4v) is 4.56. The van der Waals surface area contributed by atoms with Crippen LogP contribution in [-0.4, -0.2) is 47.3 Å². The van der Waals surface area contributed by atoms with E-state index in [2.05, 4.69) is 28.9 Å². The van der Waals surface area contributed by atoms with Crippen molar-refractivity contribution in [2.75, 3.05) is 13.1 Å². The summed E-state index contributed by atoms with van der Waals surface area (Å²) in [6, 6.07) is 5.47. The first kappa shape index (κ1) is 19.1. The lowest BCUT2D eigenvalue weighted by Crippen LogP contribution is -2.52. The van der Waals surface area contributed by atoms with E-state index in [4.69, 9.17) is 0 Å². The van der Waals surface area contributed by atoms with Crippen molar-refractivity contribution in [2.45, 2.75) is 63.7 Å². The molecule has 0 radical (unpaired) electrons. The molecule has 0 bridgehead atoms. The normalized spacial score (nSPS) is 24.2. The van der Waals surface area contributed by atoms with E-state index in [1.54, 1.807) is 4.90 Å². The Kier molecular flexibility index (Phi) is 5.21. The molecule has 7 heteroatoms. The number of benzene rings is 1. The molecule has 0 saturated carbocycles. The van der Waals surface area contributed by atoms with Crippen LogP contribution in [0.2, 0.25) is 0 Å². The van der Waals surface area contributed by atoms with Crippen LogP contribution in [0.15, 0.2) is 18.2 Å². The zero-order valence-electron chi connectivity index (χ0n) is 16.3. The van der Waals surface area contributed by atoms with Crippen LogP contribution in [0.4, 0.5) is 0 Å². The van der Waals surface area contributed by atoms with Crippen LogP contribution in [0.3, 0.4) is 0 Å². The van der Waals surface area contributed by atoms with E-state index in [-0.39, 0.29) is 29.7 Å². The minimum absolute atomic E-state index is 0.113. The highest BCUT2D eigenvalue weighted by Crippen LogP contribution is 2.29. The van der Waals surface area contributed by atoms with Gasteiger partial charge in [-0.3, -0.25) is 19.7 Å². The van der Waals surface area contributed by atoms with Gasteiger partial charge in [0.2, 0.25) is 11.8 Å². The van der Waals surface area contributed by atoms with Gasteiger partial charge in [0.15, 0.2) is 0 Å². The molecule has 7 nitrogen and oxygen atoms in total. The molecule has 3 amide bonds. The van der Waals surface area contributed by atoms with E-state index in [9.17, 15) is 14.4 Å². The summed E-state index contributed by atoms with van der Waals surface area (Å²) in [4.78, 5) is 38.1. The number of hydrogen-bond acceptors (Lipinski definition) is 5. The van der Waals surface area contributed by atoms with Crippen molar-refractivity contribution in [3.8, 4) is 0 Å². The number of carbonyl (C=O) groups excluding carboxylic acids is 3. The van der Waals surface area contributed by atoms with Crippen molar-refractivity contribution in [3.05, 3.63) is 34.9 Å². The summed E-state index contributed by atoms with van der Waals surface area (Å²) < 4.78 is 0. The number of nitrogens with zero attached hydrogens (tertiary/aromatic N) is 1. The smallest absolute Gasteiger partial charge is 0.255 e. The Labute approximate surface area is 165 Å². The second kappa shape index (κ2) is 7.64. The summed E-state index contributed by atoms with van der Waals surface area (Å²) in [5, 5.41) is 9.48. The summed E-state index contributed by atoms with van der Waals surface area (Å²) in [5.74, 6) is -0.741. The third kappa shape index (κ3) is 3.56. The Morgan fingerprint density at radius 3 is 2.71 bits per heavy atom. The van der Waals surface area contributed by atoms with Crippen LogP contribution in [0.25, 0.3) is 0 Å². The largest absolute Gasteiger partial charge is 0.322 e. The van der Waals surface area contributed by atoms with Crippen molar-refractivity contribution in [2.24, 2.45) is 0 Å². The summed E-state index contributed by atoms with van der Waals surface area (Å²) in [7, 11) is 0. The number of carbonyl (C=O) groups is 3. The van der Waals surface area contributed by atoms with Gasteiger partial charge in [-0.2, -0.15) is 0 Å². The molecule has 2 saturated heterocycles. The molecule has 3 N–H and O–H groups in total. The van der Waals surface area contributed by atoms with Gasteiger partial charge in [0.25, 0.3) is 5.91 Å². The molecule has 1 atom stereocenters. The van der Waals surface area contributed by atoms with E-state index in [0.717, 1.165) is 50.0 Å². The number of amides is 3. The SMILES string of the molecule is CCC1(NCc2ccc3c(c2)C(=O)N(C2CCC(=O)NC2=O)C3)CCNCC1. The number of hydrogen-bond donors (Lipinski definition) is 3. The molecule has 3 aliphatic rings. The van der Waals surface area contributed by atoms with Crippen LogP contribution in [0, 0.1) is 0 Å². The summed E-state index contributed by atoms with van der Waals surface area (Å²) in [5.41, 5.74) is 2.88. The molecular weight excluding hydrogens is 356 g/mol. The van der Waals surface area contributed by atoms with Crippen LogP contribution in [-0.2, 0) is 22.7 Å². The van der Waals surface area contributed by atoms with Crippen LogP contribution in [0.1, 0.15) is 60.5 Å². The van der Waals surface area contributed by atoms with E-state index >= 15 is 0 Å². The van der Waals surface area contributed by atoms with Gasteiger partial charge in [0, 0.05) is 30.6 Å². The fraction of sp³-hybridized carbons (Fsp3) is 0.571. The van der Waals surface area contributed by atoms with E-state index < -0.39 is 6.04 Å². The van der Waals surface area contributed by atoms with Crippen molar-refractivity contribution in [3.63, 3.8) is 0 Å². The zero-order chi connectivity index (χ0) is 19.7. The second-order valence-corrected chi connectivity index (χ2v) is 8.13. The number of piperidine rings is 2. The molecule has 3 aliphatic heterocycles. The predicted molar refractivity (Wildman–Crippen MR) is 104 cm³/mol. The standard InChI is InChI=1S/C21H28N4O3/c1-2-21(7-9-22-10-8-21)23-12-14-3-4-15-13-25(20(28)16(15)11-14)17-5-6-18(26)24-19(17)27/h3-4,11,17,22-23H,2,5-10,12-13H2,1H3,(H,24,26,27). The van der Waals surface area contributed by atoms with Gasteiger partial charge >= 0.3 is 0 Å². The lowest BCUT2D eigenvalue weighted by molar-refractivity contribution is -0.136. The second-order valence-electron chi connectivity index (χ2n) is 8.13. The van der Waals surface area contributed by atoms with Crippen molar-refractivity contribution in [1.29, 1.82) is 0 Å². The molecule has 4 rings (SSSR count). The van der Waals surface area contributed by atoms with E-state index in [1.165, 1.54) is 0 Å². The maximum atomic E-state index is 12.9. The predicted octanol–water partition coefficient (Wildman–Crippen LogP) is 1.07. The number of fused-ring (bicyclic) bond motifs is 1. The molecule has 0 spiro atoms. The van der Waals surface area contributed by atoms with Crippen molar-refractivity contribution < 1.29 is 14.4 Å². The molecule has 3 heterocycles. The Morgan fingerprint density at radius 2 is 2.00 bits per heavy atom. The third-order valence-electron chi connectivity index (χ3n) is 6.50. The van der Waals surface area contributed by atoms with Crippen LogP contribution in [0.5, 0.6) is 0 Å². The number of rotatable bonds is 5. The molecule has 1 unspecified atom stereocenters. The Bertz CT molecular complexity index is 801. The molecular formula is C21H28N4O3. The fourth-order valence-electron chi connectivity index (χ4n) is 4.56. The Hall–Kier alpha value is -2.25. The summed E-state index contributed by atoms with van der Waals surface area (Å²) >= 11 is 0. The first-order valence-electron chi connectivity index (χ1n) is 10.2.